The van der Waals surface area contributed by atoms with Crippen LogP contribution in [-0.4, -0.2) is 56.4 Å². The Kier molecular flexibility index (Phi) is 6.12. The highest BCUT2D eigenvalue weighted by molar-refractivity contribution is 7.91. The number of amides is 1. The number of nitrogens with zero attached hydrogens (tertiary/aromatic N) is 1. The van der Waals surface area contributed by atoms with E-state index >= 15 is 0 Å². The van der Waals surface area contributed by atoms with Crippen LogP contribution >= 0.6 is 0 Å². The minimum Gasteiger partial charge on any atom is -0.351 e. The van der Waals surface area contributed by atoms with Crippen molar-refractivity contribution in [3.05, 3.63) is 35.9 Å². The topological polar surface area (TPSA) is 66.5 Å². The monoisotopic (exact) mass is 364 g/mol. The smallest absolute Gasteiger partial charge is 0.234 e. The summed E-state index contributed by atoms with van der Waals surface area (Å²) in [7, 11) is -2.94. The van der Waals surface area contributed by atoms with Crippen LogP contribution in [0, 0.1) is 5.92 Å². The molecule has 1 aromatic rings. The van der Waals surface area contributed by atoms with E-state index in [0.29, 0.717) is 13.0 Å². The van der Waals surface area contributed by atoms with E-state index in [2.05, 4.69) is 34.5 Å². The van der Waals surface area contributed by atoms with Crippen LogP contribution in [0.5, 0.6) is 0 Å². The van der Waals surface area contributed by atoms with Crippen LogP contribution in [0.25, 0.3) is 0 Å². The number of hydrogen-bond donors (Lipinski definition) is 1. The molecule has 1 N–H and O–H groups in total. The number of piperidine rings is 1. The van der Waals surface area contributed by atoms with Crippen LogP contribution in [0.2, 0.25) is 0 Å². The molecule has 2 saturated heterocycles. The SMILES string of the molecule is O=C(CN1CCC(CCc2ccccc2)CC1)N[C@@H]1CCS(=O)(=O)C1. The number of rotatable bonds is 6. The summed E-state index contributed by atoms with van der Waals surface area (Å²) in [6.07, 6.45) is 5.16. The van der Waals surface area contributed by atoms with Crippen LogP contribution in [-0.2, 0) is 21.1 Å². The Hall–Kier alpha value is -1.40. The molecule has 0 aromatic heterocycles. The Morgan fingerprint density at radius 1 is 1.12 bits per heavy atom. The minimum atomic E-state index is -2.94. The normalized spacial score (nSPS) is 24.2. The predicted molar refractivity (Wildman–Crippen MR) is 99.1 cm³/mol. The fourth-order valence-electron chi connectivity index (χ4n) is 3.83. The molecule has 2 aliphatic heterocycles. The summed E-state index contributed by atoms with van der Waals surface area (Å²) in [5.74, 6) is 0.995. The van der Waals surface area contributed by atoms with E-state index in [1.807, 2.05) is 6.07 Å². The molecule has 0 bridgehead atoms. The Morgan fingerprint density at radius 2 is 1.84 bits per heavy atom. The van der Waals surface area contributed by atoms with Gasteiger partial charge in [0.1, 0.15) is 0 Å². The second-order valence-electron chi connectivity index (χ2n) is 7.41. The molecule has 0 aliphatic carbocycles. The fraction of sp³-hybridized carbons (Fsp3) is 0.632. The molecular formula is C19H28N2O3S. The van der Waals surface area contributed by atoms with Crippen LogP contribution in [0.1, 0.15) is 31.2 Å². The lowest BCUT2D eigenvalue weighted by Crippen LogP contribution is -2.45. The lowest BCUT2D eigenvalue weighted by Gasteiger charge is -2.31. The van der Waals surface area contributed by atoms with Gasteiger partial charge in [-0.25, -0.2) is 8.42 Å². The first-order valence-electron chi connectivity index (χ1n) is 9.26. The molecule has 5 nitrogen and oxygen atoms in total. The van der Waals surface area contributed by atoms with Crippen molar-refractivity contribution in [2.75, 3.05) is 31.1 Å². The number of carbonyl (C=O) groups excluding carboxylic acids is 1. The van der Waals surface area contributed by atoms with Crippen LogP contribution < -0.4 is 5.32 Å². The number of sulfone groups is 1. The average molecular weight is 365 g/mol. The standard InChI is InChI=1S/C19H28N2O3S/c22-19(20-18-10-13-25(23,24)15-18)14-21-11-8-17(9-12-21)7-6-16-4-2-1-3-5-16/h1-5,17-18H,6-15H2,(H,20,22)/t18-/m1/s1. The highest BCUT2D eigenvalue weighted by atomic mass is 32.2. The first-order chi connectivity index (χ1) is 12.0. The van der Waals surface area contributed by atoms with Crippen molar-refractivity contribution < 1.29 is 13.2 Å². The Bertz CT molecular complexity index is 667. The molecule has 0 spiro atoms. The molecule has 3 rings (SSSR count). The van der Waals surface area contributed by atoms with E-state index in [1.54, 1.807) is 0 Å². The maximum atomic E-state index is 12.1. The van der Waals surface area contributed by atoms with E-state index in [0.717, 1.165) is 38.3 Å². The summed E-state index contributed by atoms with van der Waals surface area (Å²) in [4.78, 5) is 14.3. The molecular weight excluding hydrogens is 336 g/mol. The second-order valence-corrected chi connectivity index (χ2v) is 9.64. The van der Waals surface area contributed by atoms with Gasteiger partial charge in [-0.05, 0) is 56.7 Å². The van der Waals surface area contributed by atoms with Gasteiger partial charge in [-0.3, -0.25) is 9.69 Å². The number of aryl methyl sites for hydroxylation is 1. The van der Waals surface area contributed by atoms with E-state index in [1.165, 1.54) is 12.0 Å². The van der Waals surface area contributed by atoms with Crippen molar-refractivity contribution in [3.8, 4) is 0 Å². The molecule has 6 heteroatoms. The number of carbonyl (C=O) groups is 1. The van der Waals surface area contributed by atoms with Gasteiger partial charge in [-0.15, -0.1) is 0 Å². The highest BCUT2D eigenvalue weighted by Crippen LogP contribution is 2.22. The molecule has 0 unspecified atom stereocenters. The van der Waals surface area contributed by atoms with Gasteiger partial charge in [0, 0.05) is 6.04 Å². The van der Waals surface area contributed by atoms with E-state index in [9.17, 15) is 13.2 Å². The molecule has 25 heavy (non-hydrogen) atoms. The van der Waals surface area contributed by atoms with Crippen LogP contribution in [0.4, 0.5) is 0 Å². The molecule has 1 aromatic carbocycles. The third-order valence-corrected chi connectivity index (χ3v) is 7.12. The van der Waals surface area contributed by atoms with E-state index in [4.69, 9.17) is 0 Å². The first-order valence-corrected chi connectivity index (χ1v) is 11.1. The van der Waals surface area contributed by atoms with Crippen LogP contribution in [0.15, 0.2) is 30.3 Å². The Balaban J connectivity index is 1.34. The summed E-state index contributed by atoms with van der Waals surface area (Å²) < 4.78 is 22.9. The summed E-state index contributed by atoms with van der Waals surface area (Å²) in [5, 5.41) is 2.88. The molecule has 2 fully saturated rings. The molecule has 138 valence electrons. The molecule has 0 saturated carbocycles. The summed E-state index contributed by atoms with van der Waals surface area (Å²) in [6.45, 7) is 2.30. The molecule has 1 amide bonds. The van der Waals surface area contributed by atoms with Gasteiger partial charge in [0.05, 0.1) is 18.1 Å². The van der Waals surface area contributed by atoms with Gasteiger partial charge in [-0.1, -0.05) is 30.3 Å². The maximum Gasteiger partial charge on any atom is 0.234 e. The second kappa shape index (κ2) is 8.32. The highest BCUT2D eigenvalue weighted by Gasteiger charge is 2.29. The fourth-order valence-corrected chi connectivity index (χ4v) is 5.51. The lowest BCUT2D eigenvalue weighted by molar-refractivity contribution is -0.123. The van der Waals surface area contributed by atoms with Gasteiger partial charge in [0.25, 0.3) is 0 Å². The maximum absolute atomic E-state index is 12.1. The molecule has 2 heterocycles. The zero-order valence-electron chi connectivity index (χ0n) is 14.7. The number of likely N-dealkylation sites (tertiary alicyclic amines) is 1. The summed E-state index contributed by atoms with van der Waals surface area (Å²) in [6, 6.07) is 10.4. The number of benzene rings is 1. The lowest BCUT2D eigenvalue weighted by atomic mass is 9.90. The summed E-state index contributed by atoms with van der Waals surface area (Å²) >= 11 is 0. The minimum absolute atomic E-state index is 0.0372. The van der Waals surface area contributed by atoms with Crippen molar-refractivity contribution >= 4 is 15.7 Å². The zero-order valence-corrected chi connectivity index (χ0v) is 15.5. The van der Waals surface area contributed by atoms with Gasteiger partial charge < -0.3 is 5.32 Å². The summed E-state index contributed by atoms with van der Waals surface area (Å²) in [5.41, 5.74) is 1.40. The first kappa shape index (κ1) is 18.4. The largest absolute Gasteiger partial charge is 0.351 e. The van der Waals surface area contributed by atoms with Crippen molar-refractivity contribution in [3.63, 3.8) is 0 Å². The number of hydrogen-bond acceptors (Lipinski definition) is 4. The van der Waals surface area contributed by atoms with Gasteiger partial charge in [0.2, 0.25) is 5.91 Å². The molecule has 0 radical (unpaired) electrons. The quantitative estimate of drug-likeness (QED) is 0.833. The van der Waals surface area contributed by atoms with E-state index in [-0.39, 0.29) is 23.5 Å². The third kappa shape index (κ3) is 5.82. The van der Waals surface area contributed by atoms with Crippen molar-refractivity contribution in [1.29, 1.82) is 0 Å². The van der Waals surface area contributed by atoms with Gasteiger partial charge >= 0.3 is 0 Å². The molecule has 2 aliphatic rings. The van der Waals surface area contributed by atoms with Gasteiger partial charge in [0.15, 0.2) is 9.84 Å². The zero-order chi connectivity index (χ0) is 17.7. The van der Waals surface area contributed by atoms with Crippen molar-refractivity contribution in [2.24, 2.45) is 5.92 Å². The van der Waals surface area contributed by atoms with Crippen molar-refractivity contribution in [1.82, 2.24) is 10.2 Å². The Morgan fingerprint density at radius 3 is 2.48 bits per heavy atom. The molecule has 1 atom stereocenters. The van der Waals surface area contributed by atoms with Gasteiger partial charge in [-0.2, -0.15) is 0 Å². The van der Waals surface area contributed by atoms with E-state index < -0.39 is 9.84 Å². The van der Waals surface area contributed by atoms with Crippen LogP contribution in [0.3, 0.4) is 0 Å². The predicted octanol–water partition coefficient (Wildman–Crippen LogP) is 1.63. The average Bonchev–Trinajstić information content (AvgIpc) is 2.93. The third-order valence-electron chi connectivity index (χ3n) is 5.36. The Labute approximate surface area is 150 Å². The van der Waals surface area contributed by atoms with Crippen molar-refractivity contribution in [2.45, 2.75) is 38.1 Å². The number of nitrogens with one attached hydrogen (secondary N) is 1.